The van der Waals surface area contributed by atoms with Crippen LogP contribution in [-0.2, 0) is 13.2 Å². The SMILES string of the molecule is Cn1cc(SN)c(C(F)(F)F)n1. The Bertz CT molecular complexity index is 280. The van der Waals surface area contributed by atoms with Crippen molar-refractivity contribution in [3.8, 4) is 0 Å². The predicted octanol–water partition coefficient (Wildman–Crippen LogP) is 1.40. The summed E-state index contributed by atoms with van der Waals surface area (Å²) in [5.41, 5.74) is -0.933. The number of hydrogen-bond acceptors (Lipinski definition) is 3. The number of nitrogens with two attached hydrogens (primary N) is 1. The molecule has 0 fully saturated rings. The van der Waals surface area contributed by atoms with Crippen molar-refractivity contribution in [1.29, 1.82) is 0 Å². The van der Waals surface area contributed by atoms with E-state index in [9.17, 15) is 13.2 Å². The highest BCUT2D eigenvalue weighted by Gasteiger charge is 2.36. The third-order valence-electron chi connectivity index (χ3n) is 1.19. The molecule has 7 heteroatoms. The fourth-order valence-electron chi connectivity index (χ4n) is 0.749. The van der Waals surface area contributed by atoms with Gasteiger partial charge in [-0.2, -0.15) is 18.3 Å². The molecule has 0 aliphatic heterocycles. The van der Waals surface area contributed by atoms with Gasteiger partial charge in [-0.1, -0.05) is 0 Å². The number of hydrogen-bond donors (Lipinski definition) is 1. The number of rotatable bonds is 1. The second-order valence-electron chi connectivity index (χ2n) is 2.13. The van der Waals surface area contributed by atoms with Crippen LogP contribution in [0.5, 0.6) is 0 Å². The largest absolute Gasteiger partial charge is 0.436 e. The lowest BCUT2D eigenvalue weighted by Crippen LogP contribution is -2.08. The molecule has 0 amide bonds. The van der Waals surface area contributed by atoms with Crippen LogP contribution in [0.3, 0.4) is 0 Å². The van der Waals surface area contributed by atoms with Crippen molar-refractivity contribution < 1.29 is 13.2 Å². The van der Waals surface area contributed by atoms with Crippen LogP contribution in [0.15, 0.2) is 11.1 Å². The van der Waals surface area contributed by atoms with E-state index in [1.54, 1.807) is 0 Å². The molecule has 0 bridgehead atoms. The van der Waals surface area contributed by atoms with Crippen LogP contribution in [0.4, 0.5) is 13.2 Å². The Hall–Kier alpha value is -0.690. The van der Waals surface area contributed by atoms with Gasteiger partial charge in [-0.3, -0.25) is 9.82 Å². The Kier molecular flexibility index (Phi) is 2.34. The zero-order valence-electron chi connectivity index (χ0n) is 6.09. The molecule has 0 atom stereocenters. The number of aryl methyl sites for hydroxylation is 1. The van der Waals surface area contributed by atoms with Gasteiger partial charge >= 0.3 is 6.18 Å². The smallest absolute Gasteiger partial charge is 0.274 e. The van der Waals surface area contributed by atoms with Crippen molar-refractivity contribution in [2.24, 2.45) is 12.2 Å². The van der Waals surface area contributed by atoms with E-state index in [0.717, 1.165) is 4.68 Å². The molecule has 2 N–H and O–H groups in total. The van der Waals surface area contributed by atoms with Crippen molar-refractivity contribution in [3.63, 3.8) is 0 Å². The van der Waals surface area contributed by atoms with Crippen molar-refractivity contribution in [3.05, 3.63) is 11.9 Å². The summed E-state index contributed by atoms with van der Waals surface area (Å²) in [6.45, 7) is 0. The first-order chi connectivity index (χ1) is 5.45. The highest BCUT2D eigenvalue weighted by molar-refractivity contribution is 7.97. The molecule has 0 saturated carbocycles. The van der Waals surface area contributed by atoms with E-state index in [4.69, 9.17) is 5.14 Å². The zero-order chi connectivity index (χ0) is 9.35. The summed E-state index contributed by atoms with van der Waals surface area (Å²) in [7, 11) is 1.41. The maximum atomic E-state index is 12.1. The van der Waals surface area contributed by atoms with E-state index >= 15 is 0 Å². The summed E-state index contributed by atoms with van der Waals surface area (Å²) >= 11 is 0.540. The first-order valence-electron chi connectivity index (χ1n) is 2.92. The van der Waals surface area contributed by atoms with E-state index in [0.29, 0.717) is 11.9 Å². The summed E-state index contributed by atoms with van der Waals surface area (Å²) in [6, 6.07) is 0. The molecular formula is C5H6F3N3S. The van der Waals surface area contributed by atoms with Gasteiger partial charge < -0.3 is 0 Å². The molecule has 0 radical (unpaired) electrons. The van der Waals surface area contributed by atoms with Gasteiger partial charge in [-0.05, 0) is 11.9 Å². The predicted molar refractivity (Wildman–Crippen MR) is 38.3 cm³/mol. The molecule has 0 saturated heterocycles. The van der Waals surface area contributed by atoms with Gasteiger partial charge in [0.2, 0.25) is 0 Å². The lowest BCUT2D eigenvalue weighted by atomic mass is 10.4. The molecule has 0 aliphatic carbocycles. The molecule has 1 rings (SSSR count). The van der Waals surface area contributed by atoms with Gasteiger partial charge in [0, 0.05) is 13.2 Å². The Balaban J connectivity index is 3.13. The van der Waals surface area contributed by atoms with Gasteiger partial charge in [0.05, 0.1) is 4.90 Å². The van der Waals surface area contributed by atoms with Crippen LogP contribution >= 0.6 is 11.9 Å². The molecule has 0 aromatic carbocycles. The van der Waals surface area contributed by atoms with Crippen LogP contribution in [0.25, 0.3) is 0 Å². The molecule has 68 valence electrons. The monoisotopic (exact) mass is 197 g/mol. The van der Waals surface area contributed by atoms with Gasteiger partial charge in [-0.25, -0.2) is 0 Å². The second-order valence-corrected chi connectivity index (χ2v) is 2.81. The van der Waals surface area contributed by atoms with Crippen LogP contribution in [0.2, 0.25) is 0 Å². The summed E-state index contributed by atoms with van der Waals surface area (Å²) in [5, 5.41) is 8.27. The van der Waals surface area contributed by atoms with E-state index in [2.05, 4.69) is 5.10 Å². The molecule has 1 aromatic heterocycles. The molecule has 3 nitrogen and oxygen atoms in total. The van der Waals surface area contributed by atoms with Gasteiger partial charge in [0.1, 0.15) is 0 Å². The summed E-state index contributed by atoms with van der Waals surface area (Å²) in [5.74, 6) is 0. The maximum absolute atomic E-state index is 12.1. The first-order valence-corrected chi connectivity index (χ1v) is 3.80. The summed E-state index contributed by atoms with van der Waals surface area (Å²) < 4.78 is 37.4. The van der Waals surface area contributed by atoms with Crippen molar-refractivity contribution in [2.45, 2.75) is 11.1 Å². The van der Waals surface area contributed by atoms with Crippen molar-refractivity contribution in [1.82, 2.24) is 9.78 Å². The fourth-order valence-corrected chi connectivity index (χ4v) is 1.23. The average Bonchev–Trinajstić information content (AvgIpc) is 2.29. The van der Waals surface area contributed by atoms with Crippen LogP contribution in [0.1, 0.15) is 5.69 Å². The van der Waals surface area contributed by atoms with Gasteiger partial charge in [0.25, 0.3) is 0 Å². The van der Waals surface area contributed by atoms with Gasteiger partial charge in [-0.15, -0.1) is 0 Å². The van der Waals surface area contributed by atoms with E-state index < -0.39 is 11.9 Å². The fraction of sp³-hybridized carbons (Fsp3) is 0.400. The lowest BCUT2D eigenvalue weighted by molar-refractivity contribution is -0.143. The number of aromatic nitrogens is 2. The van der Waals surface area contributed by atoms with Crippen molar-refractivity contribution in [2.75, 3.05) is 0 Å². The topological polar surface area (TPSA) is 43.8 Å². The van der Waals surface area contributed by atoms with E-state index in [-0.39, 0.29) is 4.90 Å². The highest BCUT2D eigenvalue weighted by Crippen LogP contribution is 2.33. The molecule has 0 unspecified atom stereocenters. The maximum Gasteiger partial charge on any atom is 0.436 e. The van der Waals surface area contributed by atoms with E-state index in [1.807, 2.05) is 0 Å². The Morgan fingerprint density at radius 1 is 1.58 bits per heavy atom. The molecule has 1 heterocycles. The Morgan fingerprint density at radius 2 is 2.17 bits per heavy atom. The third-order valence-corrected chi connectivity index (χ3v) is 1.74. The molecule has 12 heavy (non-hydrogen) atoms. The lowest BCUT2D eigenvalue weighted by Gasteiger charge is -2.02. The average molecular weight is 197 g/mol. The molecule has 0 spiro atoms. The Morgan fingerprint density at radius 3 is 2.50 bits per heavy atom. The molecular weight excluding hydrogens is 191 g/mol. The van der Waals surface area contributed by atoms with Crippen LogP contribution < -0.4 is 5.14 Å². The number of halogens is 3. The summed E-state index contributed by atoms with van der Waals surface area (Å²) in [4.78, 5) is -0.0648. The zero-order valence-corrected chi connectivity index (χ0v) is 6.91. The van der Waals surface area contributed by atoms with Crippen LogP contribution in [0, 0.1) is 0 Å². The van der Waals surface area contributed by atoms with E-state index in [1.165, 1.54) is 13.2 Å². The third kappa shape index (κ3) is 1.72. The molecule has 1 aromatic rings. The van der Waals surface area contributed by atoms with Gasteiger partial charge in [0.15, 0.2) is 5.69 Å². The summed E-state index contributed by atoms with van der Waals surface area (Å²) in [6.07, 6.45) is -3.20. The minimum Gasteiger partial charge on any atom is -0.274 e. The minimum absolute atomic E-state index is 0.0648. The molecule has 0 aliphatic rings. The van der Waals surface area contributed by atoms with Crippen LogP contribution in [-0.4, -0.2) is 9.78 Å². The standard InChI is InChI=1S/C5H6F3N3S/c1-11-2-3(12-9)4(10-11)5(6,7)8/h2H,9H2,1H3. The quantitative estimate of drug-likeness (QED) is 0.692. The number of alkyl halides is 3. The second kappa shape index (κ2) is 2.98. The minimum atomic E-state index is -4.43. The van der Waals surface area contributed by atoms with Crippen molar-refractivity contribution >= 4 is 11.9 Å². The highest BCUT2D eigenvalue weighted by atomic mass is 32.2. The normalized spacial score (nSPS) is 12.1. The first kappa shape index (κ1) is 9.40. The Labute approximate surface area is 70.9 Å². The number of nitrogens with zero attached hydrogens (tertiary/aromatic N) is 2.